The first-order valence-electron chi connectivity index (χ1n) is 9.51. The van der Waals surface area contributed by atoms with Gasteiger partial charge < -0.3 is 9.26 Å². The minimum absolute atomic E-state index is 0.135. The van der Waals surface area contributed by atoms with Crippen LogP contribution in [0.2, 0.25) is 0 Å². The average molecular weight is 442 g/mol. The van der Waals surface area contributed by atoms with Crippen molar-refractivity contribution in [3.63, 3.8) is 0 Å². The largest absolute Gasteiger partial charge is 0.573 e. The van der Waals surface area contributed by atoms with Gasteiger partial charge in [0.15, 0.2) is 0 Å². The predicted molar refractivity (Wildman–Crippen MR) is 109 cm³/mol. The second-order valence-electron chi connectivity index (χ2n) is 7.07. The third-order valence-electron chi connectivity index (χ3n) is 4.77. The Bertz CT molecular complexity index is 1290. The number of alkyl halides is 3. The number of benzene rings is 1. The Morgan fingerprint density at radius 1 is 1.00 bits per heavy atom. The third-order valence-corrected chi connectivity index (χ3v) is 4.77. The van der Waals surface area contributed by atoms with Crippen molar-refractivity contribution < 1.29 is 22.4 Å². The van der Waals surface area contributed by atoms with Crippen LogP contribution in [-0.2, 0) is 6.54 Å². The Labute approximate surface area is 180 Å². The SMILES string of the molecule is Cc1ccc(-c2noc(C)c2Cn2ncc(-c3ccc(OC(F)(F)F)cc3)cc2=O)cn1. The molecule has 164 valence electrons. The molecule has 0 aliphatic carbocycles. The minimum Gasteiger partial charge on any atom is -0.406 e. The van der Waals surface area contributed by atoms with Gasteiger partial charge in [0.25, 0.3) is 5.56 Å². The highest BCUT2D eigenvalue weighted by atomic mass is 19.4. The summed E-state index contributed by atoms with van der Waals surface area (Å²) in [4.78, 5) is 16.9. The molecule has 3 heterocycles. The molecule has 0 saturated heterocycles. The number of rotatable bonds is 5. The standard InChI is InChI=1S/C22H17F3N4O3/c1-13-3-4-16(10-26-13)21-19(14(2)32-28-21)12-29-20(30)9-17(11-27-29)15-5-7-18(8-6-15)31-22(23,24)25/h3-11H,12H2,1-2H3. The molecule has 0 fully saturated rings. The Morgan fingerprint density at radius 3 is 2.34 bits per heavy atom. The van der Waals surface area contributed by atoms with Crippen molar-refractivity contribution in [3.05, 3.63) is 82.2 Å². The zero-order chi connectivity index (χ0) is 22.9. The van der Waals surface area contributed by atoms with Gasteiger partial charge in [-0.25, -0.2) is 4.68 Å². The van der Waals surface area contributed by atoms with E-state index in [0.717, 1.165) is 11.3 Å². The van der Waals surface area contributed by atoms with Crippen LogP contribution in [0.4, 0.5) is 13.2 Å². The van der Waals surface area contributed by atoms with Crippen molar-refractivity contribution in [2.75, 3.05) is 0 Å². The normalized spacial score (nSPS) is 11.5. The summed E-state index contributed by atoms with van der Waals surface area (Å²) in [6.07, 6.45) is -1.62. The highest BCUT2D eigenvalue weighted by Gasteiger charge is 2.31. The van der Waals surface area contributed by atoms with Crippen molar-refractivity contribution in [1.29, 1.82) is 0 Å². The van der Waals surface area contributed by atoms with Crippen LogP contribution in [0, 0.1) is 13.8 Å². The van der Waals surface area contributed by atoms with E-state index in [-0.39, 0.29) is 17.9 Å². The van der Waals surface area contributed by atoms with Gasteiger partial charge in [0, 0.05) is 34.6 Å². The number of pyridine rings is 1. The van der Waals surface area contributed by atoms with Crippen LogP contribution in [-0.4, -0.2) is 26.3 Å². The van der Waals surface area contributed by atoms with Gasteiger partial charge in [-0.1, -0.05) is 17.3 Å². The summed E-state index contributed by atoms with van der Waals surface area (Å²) in [5, 5.41) is 8.30. The number of ether oxygens (including phenoxy) is 1. The second-order valence-corrected chi connectivity index (χ2v) is 7.07. The molecule has 0 radical (unpaired) electrons. The molecule has 0 bridgehead atoms. The number of nitrogens with zero attached hydrogens (tertiary/aromatic N) is 4. The third kappa shape index (κ3) is 4.69. The van der Waals surface area contributed by atoms with Gasteiger partial charge in [-0.15, -0.1) is 13.2 Å². The maximum Gasteiger partial charge on any atom is 0.573 e. The van der Waals surface area contributed by atoms with Crippen LogP contribution in [0.3, 0.4) is 0 Å². The first kappa shape index (κ1) is 21.3. The Kier molecular flexibility index (Phi) is 5.52. The molecular formula is C22H17F3N4O3. The summed E-state index contributed by atoms with van der Waals surface area (Å²) in [6, 6.07) is 10.3. The second kappa shape index (κ2) is 8.29. The summed E-state index contributed by atoms with van der Waals surface area (Å²) >= 11 is 0. The maximum atomic E-state index is 12.7. The molecule has 0 spiro atoms. The molecule has 0 amide bonds. The number of aromatic nitrogens is 4. The lowest BCUT2D eigenvalue weighted by molar-refractivity contribution is -0.274. The molecule has 4 aromatic rings. The van der Waals surface area contributed by atoms with Crippen molar-refractivity contribution in [2.24, 2.45) is 0 Å². The van der Waals surface area contributed by atoms with E-state index in [4.69, 9.17) is 4.52 Å². The van der Waals surface area contributed by atoms with E-state index in [0.29, 0.717) is 28.1 Å². The summed E-state index contributed by atoms with van der Waals surface area (Å²) in [6.45, 7) is 3.76. The summed E-state index contributed by atoms with van der Waals surface area (Å²) in [7, 11) is 0. The van der Waals surface area contributed by atoms with Crippen molar-refractivity contribution in [1.82, 2.24) is 19.9 Å². The molecule has 0 saturated carbocycles. The smallest absolute Gasteiger partial charge is 0.406 e. The highest BCUT2D eigenvalue weighted by molar-refractivity contribution is 5.63. The molecule has 10 heteroatoms. The number of hydrogen-bond acceptors (Lipinski definition) is 6. The molecule has 0 aliphatic heterocycles. The van der Waals surface area contributed by atoms with Crippen molar-refractivity contribution in [3.8, 4) is 28.1 Å². The quantitative estimate of drug-likeness (QED) is 0.452. The average Bonchev–Trinajstić information content (AvgIpc) is 3.10. The lowest BCUT2D eigenvalue weighted by Gasteiger charge is -2.10. The fourth-order valence-corrected chi connectivity index (χ4v) is 3.12. The van der Waals surface area contributed by atoms with E-state index in [9.17, 15) is 18.0 Å². The molecule has 0 unspecified atom stereocenters. The van der Waals surface area contributed by atoms with E-state index < -0.39 is 6.36 Å². The zero-order valence-electron chi connectivity index (χ0n) is 17.1. The van der Waals surface area contributed by atoms with Gasteiger partial charge in [-0.3, -0.25) is 9.78 Å². The predicted octanol–water partition coefficient (Wildman–Crippen LogP) is 4.52. The monoisotopic (exact) mass is 442 g/mol. The lowest BCUT2D eigenvalue weighted by atomic mass is 10.1. The minimum atomic E-state index is -4.77. The molecule has 1 aromatic carbocycles. The Balaban J connectivity index is 1.58. The van der Waals surface area contributed by atoms with Crippen LogP contribution in [0.15, 0.2) is 64.2 Å². The maximum absolute atomic E-state index is 12.7. The zero-order valence-corrected chi connectivity index (χ0v) is 17.1. The van der Waals surface area contributed by atoms with Crippen molar-refractivity contribution in [2.45, 2.75) is 26.8 Å². The fourth-order valence-electron chi connectivity index (χ4n) is 3.12. The lowest BCUT2D eigenvalue weighted by Crippen LogP contribution is -2.23. The number of halogens is 3. The summed E-state index contributed by atoms with van der Waals surface area (Å²) < 4.78 is 47.4. The van der Waals surface area contributed by atoms with Gasteiger partial charge in [0.1, 0.15) is 17.2 Å². The van der Waals surface area contributed by atoms with Crippen molar-refractivity contribution >= 4 is 0 Å². The van der Waals surface area contributed by atoms with E-state index >= 15 is 0 Å². The first-order chi connectivity index (χ1) is 15.2. The van der Waals surface area contributed by atoms with Crippen LogP contribution in [0.25, 0.3) is 22.4 Å². The van der Waals surface area contributed by atoms with Crippen LogP contribution >= 0.6 is 0 Å². The summed E-state index contributed by atoms with van der Waals surface area (Å²) in [5.74, 6) is 0.210. The van der Waals surface area contributed by atoms with Gasteiger partial charge in [-0.05, 0) is 43.7 Å². The number of aryl methyl sites for hydroxylation is 2. The van der Waals surface area contributed by atoms with Crippen LogP contribution < -0.4 is 10.3 Å². The molecule has 3 aromatic heterocycles. The van der Waals surface area contributed by atoms with Gasteiger partial charge in [0.05, 0.1) is 12.7 Å². The first-order valence-corrected chi connectivity index (χ1v) is 9.51. The summed E-state index contributed by atoms with van der Waals surface area (Å²) in [5.41, 5.74) is 3.51. The molecule has 32 heavy (non-hydrogen) atoms. The molecule has 0 aliphatic rings. The molecule has 4 rings (SSSR count). The molecular weight excluding hydrogens is 425 g/mol. The van der Waals surface area contributed by atoms with Crippen LogP contribution in [0.5, 0.6) is 5.75 Å². The fraction of sp³-hybridized carbons (Fsp3) is 0.182. The van der Waals surface area contributed by atoms with Crippen LogP contribution in [0.1, 0.15) is 17.0 Å². The molecule has 0 atom stereocenters. The van der Waals surface area contributed by atoms with E-state index in [1.807, 2.05) is 19.1 Å². The number of hydrogen-bond donors (Lipinski definition) is 0. The highest BCUT2D eigenvalue weighted by Crippen LogP contribution is 2.27. The van der Waals surface area contributed by atoms with E-state index in [2.05, 4.69) is 20.0 Å². The Morgan fingerprint density at radius 2 is 1.72 bits per heavy atom. The van der Waals surface area contributed by atoms with Gasteiger partial charge >= 0.3 is 6.36 Å². The van der Waals surface area contributed by atoms with E-state index in [1.165, 1.54) is 41.2 Å². The van der Waals surface area contributed by atoms with Gasteiger partial charge in [-0.2, -0.15) is 5.10 Å². The van der Waals surface area contributed by atoms with Gasteiger partial charge in [0.2, 0.25) is 0 Å². The molecule has 7 nitrogen and oxygen atoms in total. The molecule has 0 N–H and O–H groups in total. The Hall–Kier alpha value is -3.95. The van der Waals surface area contributed by atoms with E-state index in [1.54, 1.807) is 13.1 Å². The topological polar surface area (TPSA) is 83.0 Å².